The van der Waals surface area contributed by atoms with Crippen molar-refractivity contribution in [3.05, 3.63) is 35.1 Å². The Morgan fingerprint density at radius 3 is 2.59 bits per heavy atom. The van der Waals surface area contributed by atoms with Crippen molar-refractivity contribution >= 4 is 23.4 Å². The van der Waals surface area contributed by atoms with Gasteiger partial charge in [0.1, 0.15) is 6.33 Å². The highest BCUT2D eigenvalue weighted by Gasteiger charge is 2.30. The molecule has 0 aliphatic rings. The number of rotatable bonds is 2. The van der Waals surface area contributed by atoms with Crippen LogP contribution in [-0.4, -0.2) is 15.2 Å². The summed E-state index contributed by atoms with van der Waals surface area (Å²) in [5.74, 6) is 0. The number of halogens is 4. The van der Waals surface area contributed by atoms with Gasteiger partial charge in [-0.25, -0.2) is 4.98 Å². The lowest BCUT2D eigenvalue weighted by molar-refractivity contribution is -0.137. The molecule has 3 nitrogen and oxygen atoms in total. The SMILES string of the molecule is FC(F)(F)c1ccc(Sc2nc[nH]n2)c(Cl)c1. The lowest BCUT2D eigenvalue weighted by Gasteiger charge is -2.08. The molecule has 0 fully saturated rings. The van der Waals surface area contributed by atoms with Crippen LogP contribution in [0.15, 0.2) is 34.6 Å². The van der Waals surface area contributed by atoms with Gasteiger partial charge >= 0.3 is 6.18 Å². The fourth-order valence-corrected chi connectivity index (χ4v) is 2.09. The molecule has 0 radical (unpaired) electrons. The molecule has 1 heterocycles. The molecule has 17 heavy (non-hydrogen) atoms. The van der Waals surface area contributed by atoms with Crippen molar-refractivity contribution in [2.75, 3.05) is 0 Å². The van der Waals surface area contributed by atoms with Gasteiger partial charge in [0.15, 0.2) is 0 Å². The summed E-state index contributed by atoms with van der Waals surface area (Å²) in [7, 11) is 0. The molecule has 0 aliphatic carbocycles. The zero-order valence-electron chi connectivity index (χ0n) is 8.12. The monoisotopic (exact) mass is 279 g/mol. The third kappa shape index (κ3) is 2.92. The Balaban J connectivity index is 2.26. The molecule has 0 spiro atoms. The van der Waals surface area contributed by atoms with Crippen LogP contribution in [0.4, 0.5) is 13.2 Å². The van der Waals surface area contributed by atoms with E-state index in [4.69, 9.17) is 11.6 Å². The van der Waals surface area contributed by atoms with Gasteiger partial charge in [-0.15, -0.1) is 5.10 Å². The van der Waals surface area contributed by atoms with E-state index in [1.165, 1.54) is 12.4 Å². The normalized spacial score (nSPS) is 11.8. The third-order valence-electron chi connectivity index (χ3n) is 1.85. The van der Waals surface area contributed by atoms with E-state index >= 15 is 0 Å². The predicted octanol–water partition coefficient (Wildman–Crippen LogP) is 3.63. The quantitative estimate of drug-likeness (QED) is 0.913. The number of aromatic nitrogens is 3. The lowest BCUT2D eigenvalue weighted by atomic mass is 10.2. The first-order valence-electron chi connectivity index (χ1n) is 4.37. The number of H-pyrrole nitrogens is 1. The van der Waals surface area contributed by atoms with Crippen LogP contribution in [0.2, 0.25) is 5.02 Å². The zero-order chi connectivity index (χ0) is 12.5. The Kier molecular flexibility index (Phi) is 3.30. The van der Waals surface area contributed by atoms with Crippen molar-refractivity contribution in [2.24, 2.45) is 0 Å². The van der Waals surface area contributed by atoms with Crippen LogP contribution < -0.4 is 0 Å². The maximum atomic E-state index is 12.4. The largest absolute Gasteiger partial charge is 0.416 e. The summed E-state index contributed by atoms with van der Waals surface area (Å²) in [5, 5.41) is 6.69. The number of benzene rings is 1. The summed E-state index contributed by atoms with van der Waals surface area (Å²) < 4.78 is 37.1. The van der Waals surface area contributed by atoms with Crippen molar-refractivity contribution in [3.63, 3.8) is 0 Å². The summed E-state index contributed by atoms with van der Waals surface area (Å²) in [6.07, 6.45) is -3.02. The summed E-state index contributed by atoms with van der Waals surface area (Å²) in [5.41, 5.74) is -0.776. The smallest absolute Gasteiger partial charge is 0.265 e. The summed E-state index contributed by atoms with van der Waals surface area (Å²) in [4.78, 5) is 4.31. The molecule has 1 aromatic heterocycles. The van der Waals surface area contributed by atoms with Crippen molar-refractivity contribution in [1.29, 1.82) is 0 Å². The molecule has 0 unspecified atom stereocenters. The van der Waals surface area contributed by atoms with E-state index in [1.807, 2.05) is 0 Å². The van der Waals surface area contributed by atoms with Gasteiger partial charge in [-0.05, 0) is 30.0 Å². The third-order valence-corrected chi connectivity index (χ3v) is 3.23. The molecule has 8 heteroatoms. The van der Waals surface area contributed by atoms with E-state index in [0.717, 1.165) is 23.9 Å². The van der Waals surface area contributed by atoms with Gasteiger partial charge < -0.3 is 0 Å². The number of hydrogen-bond acceptors (Lipinski definition) is 3. The topological polar surface area (TPSA) is 41.6 Å². The second kappa shape index (κ2) is 4.58. The first-order chi connectivity index (χ1) is 7.97. The van der Waals surface area contributed by atoms with E-state index in [-0.39, 0.29) is 5.02 Å². The van der Waals surface area contributed by atoms with Crippen molar-refractivity contribution < 1.29 is 13.2 Å². The van der Waals surface area contributed by atoms with Gasteiger partial charge in [0.05, 0.1) is 10.6 Å². The average molecular weight is 280 g/mol. The van der Waals surface area contributed by atoms with Crippen LogP contribution in [0.5, 0.6) is 0 Å². The number of nitrogens with zero attached hydrogens (tertiary/aromatic N) is 2. The molecular weight excluding hydrogens is 275 g/mol. The Morgan fingerprint density at radius 1 is 1.29 bits per heavy atom. The fraction of sp³-hybridized carbons (Fsp3) is 0.111. The first kappa shape index (κ1) is 12.3. The van der Waals surface area contributed by atoms with Gasteiger partial charge in [0.2, 0.25) is 5.16 Å². The molecule has 2 rings (SSSR count). The van der Waals surface area contributed by atoms with E-state index in [0.29, 0.717) is 10.1 Å². The molecule has 0 aliphatic heterocycles. The molecule has 1 aromatic carbocycles. The molecule has 0 saturated carbocycles. The van der Waals surface area contributed by atoms with E-state index < -0.39 is 11.7 Å². The molecule has 2 aromatic rings. The predicted molar refractivity (Wildman–Crippen MR) is 57.0 cm³/mol. The van der Waals surface area contributed by atoms with Crippen LogP contribution in [0.25, 0.3) is 0 Å². The second-order valence-corrected chi connectivity index (χ2v) is 4.44. The minimum atomic E-state index is -4.39. The molecular formula is C9H5ClF3N3S. The minimum absolute atomic E-state index is 0.0228. The van der Waals surface area contributed by atoms with Crippen LogP contribution in [-0.2, 0) is 6.18 Å². The number of alkyl halides is 3. The highest BCUT2D eigenvalue weighted by molar-refractivity contribution is 7.99. The van der Waals surface area contributed by atoms with Gasteiger partial charge in [-0.1, -0.05) is 11.6 Å². The highest BCUT2D eigenvalue weighted by Crippen LogP contribution is 2.36. The Hall–Kier alpha value is -1.21. The van der Waals surface area contributed by atoms with Gasteiger partial charge in [0, 0.05) is 4.90 Å². The van der Waals surface area contributed by atoms with Crippen LogP contribution in [0, 0.1) is 0 Å². The highest BCUT2D eigenvalue weighted by atomic mass is 35.5. The van der Waals surface area contributed by atoms with Gasteiger partial charge in [-0.2, -0.15) is 13.2 Å². The second-order valence-electron chi connectivity index (χ2n) is 3.03. The molecule has 1 N–H and O–H groups in total. The number of aromatic amines is 1. The summed E-state index contributed by atoms with van der Waals surface area (Å²) in [6.45, 7) is 0. The Morgan fingerprint density at radius 2 is 2.06 bits per heavy atom. The number of hydrogen-bond donors (Lipinski definition) is 1. The van der Waals surface area contributed by atoms with Crippen LogP contribution in [0.3, 0.4) is 0 Å². The lowest BCUT2D eigenvalue weighted by Crippen LogP contribution is -2.04. The molecule has 90 valence electrons. The standard InChI is InChI=1S/C9H5ClF3N3S/c10-6-3-5(9(11,12)13)1-2-7(6)17-8-14-4-15-16-8/h1-4H,(H,14,15,16). The van der Waals surface area contributed by atoms with E-state index in [2.05, 4.69) is 15.2 Å². The molecule has 0 bridgehead atoms. The van der Waals surface area contributed by atoms with Crippen molar-refractivity contribution in [3.8, 4) is 0 Å². The maximum Gasteiger partial charge on any atom is 0.416 e. The first-order valence-corrected chi connectivity index (χ1v) is 5.56. The average Bonchev–Trinajstić information content (AvgIpc) is 2.72. The zero-order valence-corrected chi connectivity index (χ0v) is 9.70. The molecule has 0 amide bonds. The summed E-state index contributed by atoms with van der Waals surface area (Å²) >= 11 is 6.85. The van der Waals surface area contributed by atoms with Crippen molar-refractivity contribution in [1.82, 2.24) is 15.2 Å². The van der Waals surface area contributed by atoms with Gasteiger partial charge in [-0.3, -0.25) is 5.10 Å². The van der Waals surface area contributed by atoms with E-state index in [9.17, 15) is 13.2 Å². The van der Waals surface area contributed by atoms with Crippen molar-refractivity contribution in [2.45, 2.75) is 16.2 Å². The van der Waals surface area contributed by atoms with Crippen LogP contribution in [0.1, 0.15) is 5.56 Å². The Labute approximate surface area is 103 Å². The maximum absolute atomic E-state index is 12.4. The van der Waals surface area contributed by atoms with E-state index in [1.54, 1.807) is 0 Å². The Bertz CT molecular complexity index is 513. The van der Waals surface area contributed by atoms with Crippen LogP contribution >= 0.6 is 23.4 Å². The molecule has 0 saturated heterocycles. The minimum Gasteiger partial charge on any atom is -0.265 e. The van der Waals surface area contributed by atoms with Gasteiger partial charge in [0.25, 0.3) is 0 Å². The number of nitrogens with one attached hydrogen (secondary N) is 1. The fourth-order valence-electron chi connectivity index (χ4n) is 1.10. The summed E-state index contributed by atoms with van der Waals surface area (Å²) in [6, 6.07) is 3.16. The molecule has 0 atom stereocenters.